The molecule has 73 valence electrons. The van der Waals surface area contributed by atoms with E-state index in [1.54, 1.807) is 0 Å². The van der Waals surface area contributed by atoms with Crippen LogP contribution in [0.1, 0.15) is 32.1 Å². The highest BCUT2D eigenvalue weighted by molar-refractivity contribution is 5.47. The van der Waals surface area contributed by atoms with E-state index in [1.165, 1.54) is 19.3 Å². The molecule has 0 aromatic rings. The van der Waals surface area contributed by atoms with Gasteiger partial charge in [0, 0.05) is 18.1 Å². The third-order valence-electron chi connectivity index (χ3n) is 3.60. The molecule has 2 fully saturated rings. The lowest BCUT2D eigenvalue weighted by Crippen LogP contribution is -2.54. The van der Waals surface area contributed by atoms with Gasteiger partial charge in [0.05, 0.1) is 0 Å². The fourth-order valence-corrected chi connectivity index (χ4v) is 2.82. The molecule has 3 heteroatoms. The Labute approximate surface area is 79.5 Å². The highest BCUT2D eigenvalue weighted by Crippen LogP contribution is 2.32. The molecule has 1 radical (unpaired) electrons. The summed E-state index contributed by atoms with van der Waals surface area (Å²) in [6.07, 6.45) is 8.00. The van der Waals surface area contributed by atoms with Gasteiger partial charge in [0.1, 0.15) is 0 Å². The molecule has 2 saturated heterocycles. The van der Waals surface area contributed by atoms with E-state index < -0.39 is 0 Å². The predicted molar refractivity (Wildman–Crippen MR) is 51.0 cm³/mol. The number of hydrogen-bond donors (Lipinski definition) is 1. The lowest BCUT2D eigenvalue weighted by Gasteiger charge is -2.46. The Bertz CT molecular complexity index is 181. The Morgan fingerprint density at radius 3 is 2.46 bits per heavy atom. The maximum atomic E-state index is 10.2. The van der Waals surface area contributed by atoms with Crippen molar-refractivity contribution in [2.24, 2.45) is 0 Å². The molecule has 2 aliphatic rings. The quantitative estimate of drug-likeness (QED) is 0.635. The number of hydrogen-bond acceptors (Lipinski definition) is 2. The molecule has 1 amide bonds. The van der Waals surface area contributed by atoms with Crippen LogP contribution in [0.15, 0.2) is 0 Å². The zero-order chi connectivity index (χ0) is 9.26. The average Bonchev–Trinajstić information content (AvgIpc) is 2.07. The minimum Gasteiger partial charge on any atom is -0.345 e. The largest absolute Gasteiger partial charge is 0.345 e. The average molecular weight is 181 g/mol. The molecule has 2 heterocycles. The summed E-state index contributed by atoms with van der Waals surface area (Å²) in [5.41, 5.74) is 0. The molecule has 3 nitrogen and oxygen atoms in total. The smallest absolute Gasteiger partial charge is 0.309 e. The van der Waals surface area contributed by atoms with Gasteiger partial charge in [0.15, 0.2) is 0 Å². The van der Waals surface area contributed by atoms with E-state index in [0.717, 1.165) is 12.8 Å². The topological polar surface area (TPSA) is 32.3 Å². The third-order valence-corrected chi connectivity index (χ3v) is 3.60. The molecular formula is C10H17N2O. The standard InChI is InChI=1S/C10H17N2O/c1-12-9-3-2-4-10(12)6-8(5-9)11-7-13/h8-10H,2-6H2,1H3,(H,11,13). The Morgan fingerprint density at radius 2 is 1.92 bits per heavy atom. The Balaban J connectivity index is 1.99. The Morgan fingerprint density at radius 1 is 1.31 bits per heavy atom. The van der Waals surface area contributed by atoms with Crippen LogP contribution < -0.4 is 5.32 Å². The summed E-state index contributed by atoms with van der Waals surface area (Å²) < 4.78 is 0. The van der Waals surface area contributed by atoms with Crippen molar-refractivity contribution in [3.8, 4) is 0 Å². The van der Waals surface area contributed by atoms with Crippen LogP contribution in [0.4, 0.5) is 0 Å². The third kappa shape index (κ3) is 1.70. The van der Waals surface area contributed by atoms with Crippen molar-refractivity contribution >= 4 is 6.41 Å². The first-order valence-corrected chi connectivity index (χ1v) is 5.16. The maximum absolute atomic E-state index is 10.2. The van der Waals surface area contributed by atoms with E-state index in [-0.39, 0.29) is 0 Å². The molecule has 13 heavy (non-hydrogen) atoms. The van der Waals surface area contributed by atoms with Crippen LogP contribution in [0.5, 0.6) is 0 Å². The number of carbonyl (C=O) groups excluding carboxylic acids is 1. The fourth-order valence-electron chi connectivity index (χ4n) is 2.82. The van der Waals surface area contributed by atoms with Crippen molar-refractivity contribution < 1.29 is 4.79 Å². The number of amides is 1. The van der Waals surface area contributed by atoms with E-state index in [0.29, 0.717) is 18.1 Å². The summed E-state index contributed by atoms with van der Waals surface area (Å²) in [7, 11) is 2.22. The summed E-state index contributed by atoms with van der Waals surface area (Å²) in [5.74, 6) is 0. The van der Waals surface area contributed by atoms with Crippen LogP contribution in [0.3, 0.4) is 0 Å². The summed E-state index contributed by atoms with van der Waals surface area (Å²) >= 11 is 0. The molecule has 2 bridgehead atoms. The summed E-state index contributed by atoms with van der Waals surface area (Å²) in [5, 5.41) is 2.80. The van der Waals surface area contributed by atoms with Gasteiger partial charge in [-0.3, -0.25) is 4.79 Å². The van der Waals surface area contributed by atoms with Crippen molar-refractivity contribution in [1.82, 2.24) is 10.2 Å². The van der Waals surface area contributed by atoms with Crippen LogP contribution in [0.25, 0.3) is 0 Å². The van der Waals surface area contributed by atoms with Crippen LogP contribution in [-0.4, -0.2) is 36.5 Å². The van der Waals surface area contributed by atoms with Crippen molar-refractivity contribution in [3.63, 3.8) is 0 Å². The van der Waals surface area contributed by atoms with Crippen LogP contribution in [-0.2, 0) is 4.79 Å². The summed E-state index contributed by atoms with van der Waals surface area (Å²) in [6.45, 7) is 0. The lowest BCUT2D eigenvalue weighted by molar-refractivity contribution is 0.0527. The van der Waals surface area contributed by atoms with Gasteiger partial charge in [-0.05, 0) is 32.7 Å². The molecule has 1 N–H and O–H groups in total. The molecule has 0 saturated carbocycles. The van der Waals surface area contributed by atoms with E-state index >= 15 is 0 Å². The van der Waals surface area contributed by atoms with Gasteiger partial charge in [-0.2, -0.15) is 0 Å². The molecule has 0 aromatic heterocycles. The molecule has 0 aliphatic carbocycles. The summed E-state index contributed by atoms with van der Waals surface area (Å²) in [6, 6.07) is 1.76. The predicted octanol–water partition coefficient (Wildman–Crippen LogP) is 0.659. The van der Waals surface area contributed by atoms with Crippen LogP contribution in [0, 0.1) is 0 Å². The number of nitrogens with one attached hydrogen (secondary N) is 1. The van der Waals surface area contributed by atoms with Crippen LogP contribution in [0.2, 0.25) is 0 Å². The number of piperidine rings is 2. The fraction of sp³-hybridized carbons (Fsp3) is 0.900. The van der Waals surface area contributed by atoms with E-state index in [1.807, 2.05) is 6.41 Å². The molecule has 2 aliphatic heterocycles. The van der Waals surface area contributed by atoms with Gasteiger partial charge in [0.25, 0.3) is 0 Å². The van der Waals surface area contributed by atoms with E-state index in [4.69, 9.17) is 0 Å². The zero-order valence-corrected chi connectivity index (χ0v) is 8.12. The number of rotatable bonds is 2. The zero-order valence-electron chi connectivity index (χ0n) is 8.12. The van der Waals surface area contributed by atoms with Gasteiger partial charge in [0.2, 0.25) is 0 Å². The van der Waals surface area contributed by atoms with Crippen molar-refractivity contribution in [3.05, 3.63) is 0 Å². The monoisotopic (exact) mass is 181 g/mol. The van der Waals surface area contributed by atoms with Gasteiger partial charge >= 0.3 is 6.41 Å². The number of nitrogens with zero attached hydrogens (tertiary/aromatic N) is 1. The Hall–Kier alpha value is -0.570. The summed E-state index contributed by atoms with van der Waals surface area (Å²) in [4.78, 5) is 12.7. The van der Waals surface area contributed by atoms with Crippen molar-refractivity contribution in [2.75, 3.05) is 7.05 Å². The molecule has 0 spiro atoms. The second kappa shape index (κ2) is 3.66. The first kappa shape index (κ1) is 9.00. The molecular weight excluding hydrogens is 164 g/mol. The van der Waals surface area contributed by atoms with Crippen molar-refractivity contribution in [1.29, 1.82) is 0 Å². The van der Waals surface area contributed by atoms with Gasteiger partial charge in [-0.15, -0.1) is 0 Å². The Kier molecular flexibility index (Phi) is 2.54. The van der Waals surface area contributed by atoms with Crippen molar-refractivity contribution in [2.45, 2.75) is 50.2 Å². The lowest BCUT2D eigenvalue weighted by atomic mass is 9.82. The molecule has 2 atom stereocenters. The minimum atomic E-state index is 0.379. The van der Waals surface area contributed by atoms with Gasteiger partial charge in [-0.25, -0.2) is 0 Å². The highest BCUT2D eigenvalue weighted by Gasteiger charge is 2.35. The maximum Gasteiger partial charge on any atom is 0.309 e. The first-order chi connectivity index (χ1) is 6.31. The number of fused-ring (bicyclic) bond motifs is 2. The van der Waals surface area contributed by atoms with Gasteiger partial charge < -0.3 is 10.2 Å². The highest BCUT2D eigenvalue weighted by atomic mass is 16.1. The molecule has 0 aromatic carbocycles. The molecule has 2 rings (SSSR count). The second-order valence-electron chi connectivity index (χ2n) is 4.32. The second-order valence-corrected chi connectivity index (χ2v) is 4.32. The molecule has 2 unspecified atom stereocenters. The minimum absolute atomic E-state index is 0.379. The normalized spacial score (nSPS) is 39.9. The first-order valence-electron chi connectivity index (χ1n) is 5.16. The van der Waals surface area contributed by atoms with Gasteiger partial charge in [-0.1, -0.05) is 6.42 Å². The van der Waals surface area contributed by atoms with Crippen LogP contribution >= 0.6 is 0 Å². The van der Waals surface area contributed by atoms with E-state index in [2.05, 4.69) is 17.3 Å². The van der Waals surface area contributed by atoms with E-state index in [9.17, 15) is 4.79 Å². The SMILES string of the molecule is CN1C2CCCC1CC(N[C]=O)C2.